The molecule has 1 aromatic carbocycles. The highest BCUT2D eigenvalue weighted by atomic mass is 32.2. The number of anilines is 1. The molecule has 3 N–H and O–H groups in total. The molecule has 0 fully saturated rings. The third-order valence-electron chi connectivity index (χ3n) is 2.44. The SMILES string of the molecule is COCc1ccccc1NS(=O)(=O)C(C)C(N)=S. The second kappa shape index (κ2) is 6.12. The second-order valence-corrected chi connectivity index (χ2v) is 6.25. The molecule has 1 atom stereocenters. The Morgan fingerprint density at radius 1 is 1.50 bits per heavy atom. The van der Waals surface area contributed by atoms with Crippen molar-refractivity contribution in [2.45, 2.75) is 18.8 Å². The molecule has 0 aliphatic carbocycles. The Bertz CT molecular complexity index is 529. The van der Waals surface area contributed by atoms with Gasteiger partial charge < -0.3 is 10.5 Å². The lowest BCUT2D eigenvalue weighted by Crippen LogP contribution is -2.35. The molecule has 0 spiro atoms. The van der Waals surface area contributed by atoms with Crippen molar-refractivity contribution in [3.63, 3.8) is 0 Å². The van der Waals surface area contributed by atoms with Crippen LogP contribution < -0.4 is 10.5 Å². The summed E-state index contributed by atoms with van der Waals surface area (Å²) in [7, 11) is -2.08. The maximum Gasteiger partial charge on any atom is 0.241 e. The van der Waals surface area contributed by atoms with E-state index in [1.807, 2.05) is 6.07 Å². The van der Waals surface area contributed by atoms with Crippen molar-refractivity contribution in [1.29, 1.82) is 0 Å². The first-order valence-electron chi connectivity index (χ1n) is 5.26. The van der Waals surface area contributed by atoms with E-state index in [1.165, 1.54) is 6.92 Å². The molecule has 0 saturated carbocycles. The Balaban J connectivity index is 3.01. The Labute approximate surface area is 112 Å². The summed E-state index contributed by atoms with van der Waals surface area (Å²) in [5.74, 6) is 0. The van der Waals surface area contributed by atoms with E-state index in [1.54, 1.807) is 25.3 Å². The number of para-hydroxylation sites is 1. The zero-order chi connectivity index (χ0) is 13.8. The zero-order valence-electron chi connectivity index (χ0n) is 10.2. The van der Waals surface area contributed by atoms with Crippen LogP contribution in [0.15, 0.2) is 24.3 Å². The van der Waals surface area contributed by atoms with Crippen LogP contribution in [0.5, 0.6) is 0 Å². The van der Waals surface area contributed by atoms with Crippen LogP contribution >= 0.6 is 12.2 Å². The lowest BCUT2D eigenvalue weighted by atomic mass is 10.2. The van der Waals surface area contributed by atoms with E-state index in [9.17, 15) is 8.42 Å². The van der Waals surface area contributed by atoms with Gasteiger partial charge in [0.15, 0.2) is 0 Å². The molecule has 1 aromatic rings. The number of hydrogen-bond acceptors (Lipinski definition) is 4. The second-order valence-electron chi connectivity index (χ2n) is 3.78. The molecule has 1 unspecified atom stereocenters. The Hall–Kier alpha value is -1.18. The van der Waals surface area contributed by atoms with E-state index in [4.69, 9.17) is 22.7 Å². The number of nitrogens with two attached hydrogens (primary N) is 1. The Morgan fingerprint density at radius 3 is 2.67 bits per heavy atom. The standard InChI is InChI=1S/C11H16N2O3S2/c1-8(11(12)17)18(14,15)13-10-6-4-3-5-9(10)7-16-2/h3-6,8,13H,7H2,1-2H3,(H2,12,17). The third kappa shape index (κ3) is 3.66. The molecule has 0 saturated heterocycles. The number of methoxy groups -OCH3 is 1. The molecule has 1 rings (SSSR count). The Kier molecular flexibility index (Phi) is 5.06. The van der Waals surface area contributed by atoms with Gasteiger partial charge in [0.1, 0.15) is 5.25 Å². The largest absolute Gasteiger partial charge is 0.392 e. The highest BCUT2D eigenvalue weighted by molar-refractivity contribution is 7.95. The number of nitrogens with one attached hydrogen (secondary N) is 1. The smallest absolute Gasteiger partial charge is 0.241 e. The number of benzene rings is 1. The summed E-state index contributed by atoms with van der Waals surface area (Å²) in [6.07, 6.45) is 0. The minimum absolute atomic E-state index is 0.0632. The van der Waals surface area contributed by atoms with Crippen LogP contribution in [0, 0.1) is 0 Å². The number of thiocarbonyl (C=S) groups is 1. The predicted molar refractivity (Wildman–Crippen MR) is 75.9 cm³/mol. The Morgan fingerprint density at radius 2 is 2.11 bits per heavy atom. The number of sulfonamides is 1. The van der Waals surface area contributed by atoms with Gasteiger partial charge in [0.05, 0.1) is 17.3 Å². The first kappa shape index (κ1) is 14.9. The molecular formula is C11H16N2O3S2. The van der Waals surface area contributed by atoms with Crippen molar-refractivity contribution in [2.75, 3.05) is 11.8 Å². The summed E-state index contributed by atoms with van der Waals surface area (Å²) in [6.45, 7) is 1.77. The molecule has 0 radical (unpaired) electrons. The van der Waals surface area contributed by atoms with E-state index in [-0.39, 0.29) is 4.99 Å². The van der Waals surface area contributed by atoms with E-state index in [0.29, 0.717) is 12.3 Å². The summed E-state index contributed by atoms with van der Waals surface area (Å²) in [5, 5.41) is -0.928. The number of rotatable bonds is 6. The zero-order valence-corrected chi connectivity index (χ0v) is 11.8. The lowest BCUT2D eigenvalue weighted by Gasteiger charge is -2.15. The molecule has 100 valence electrons. The van der Waals surface area contributed by atoms with Crippen LogP contribution in [0.25, 0.3) is 0 Å². The lowest BCUT2D eigenvalue weighted by molar-refractivity contribution is 0.185. The number of ether oxygens (including phenoxy) is 1. The van der Waals surface area contributed by atoms with Crippen molar-refractivity contribution in [2.24, 2.45) is 5.73 Å². The predicted octanol–water partition coefficient (Wildman–Crippen LogP) is 1.25. The third-order valence-corrected chi connectivity index (χ3v) is 4.63. The summed E-state index contributed by atoms with van der Waals surface area (Å²) in [4.78, 5) is -0.0632. The summed E-state index contributed by atoms with van der Waals surface area (Å²) in [6, 6.07) is 7.00. The van der Waals surface area contributed by atoms with Gasteiger partial charge in [0, 0.05) is 12.7 Å². The van der Waals surface area contributed by atoms with Crippen molar-refractivity contribution >= 4 is 32.9 Å². The van der Waals surface area contributed by atoms with Crippen LogP contribution in [-0.4, -0.2) is 25.8 Å². The van der Waals surface area contributed by atoms with Crippen LogP contribution in [0.1, 0.15) is 12.5 Å². The highest BCUT2D eigenvalue weighted by Gasteiger charge is 2.23. The van der Waals surface area contributed by atoms with E-state index >= 15 is 0 Å². The van der Waals surface area contributed by atoms with Gasteiger partial charge in [0.2, 0.25) is 10.0 Å². The van der Waals surface area contributed by atoms with Gasteiger partial charge in [0.25, 0.3) is 0 Å². The van der Waals surface area contributed by atoms with Gasteiger partial charge in [-0.25, -0.2) is 8.42 Å². The quantitative estimate of drug-likeness (QED) is 0.770. The average Bonchev–Trinajstić information content (AvgIpc) is 2.30. The van der Waals surface area contributed by atoms with E-state index < -0.39 is 15.3 Å². The molecule has 18 heavy (non-hydrogen) atoms. The van der Waals surface area contributed by atoms with Gasteiger partial charge in [-0.05, 0) is 13.0 Å². The highest BCUT2D eigenvalue weighted by Crippen LogP contribution is 2.18. The fraction of sp³-hybridized carbons (Fsp3) is 0.364. The molecule has 0 heterocycles. The maximum absolute atomic E-state index is 12.0. The van der Waals surface area contributed by atoms with Crippen molar-refractivity contribution < 1.29 is 13.2 Å². The van der Waals surface area contributed by atoms with Crippen molar-refractivity contribution in [3.05, 3.63) is 29.8 Å². The first-order chi connectivity index (χ1) is 8.38. The normalized spacial score (nSPS) is 13.0. The number of hydrogen-bond donors (Lipinski definition) is 2. The molecule has 0 bridgehead atoms. The summed E-state index contributed by atoms with van der Waals surface area (Å²) in [5.41, 5.74) is 6.58. The molecule has 0 aromatic heterocycles. The summed E-state index contributed by atoms with van der Waals surface area (Å²) < 4.78 is 31.4. The van der Waals surface area contributed by atoms with Gasteiger partial charge in [-0.2, -0.15) is 0 Å². The molecule has 7 heteroatoms. The average molecular weight is 288 g/mol. The minimum atomic E-state index is -3.63. The van der Waals surface area contributed by atoms with Gasteiger partial charge >= 0.3 is 0 Å². The maximum atomic E-state index is 12.0. The topological polar surface area (TPSA) is 81.4 Å². The van der Waals surface area contributed by atoms with Gasteiger partial charge in [-0.15, -0.1) is 0 Å². The van der Waals surface area contributed by atoms with Crippen LogP contribution in [0.4, 0.5) is 5.69 Å². The van der Waals surface area contributed by atoms with E-state index in [0.717, 1.165) is 5.56 Å². The fourth-order valence-electron chi connectivity index (χ4n) is 1.30. The van der Waals surface area contributed by atoms with Gasteiger partial charge in [-0.1, -0.05) is 30.4 Å². The molecule has 0 aliphatic rings. The fourth-order valence-corrected chi connectivity index (χ4v) is 2.66. The summed E-state index contributed by atoms with van der Waals surface area (Å²) >= 11 is 4.70. The monoisotopic (exact) mass is 288 g/mol. The van der Waals surface area contributed by atoms with Gasteiger partial charge in [-0.3, -0.25) is 4.72 Å². The van der Waals surface area contributed by atoms with Crippen molar-refractivity contribution in [3.8, 4) is 0 Å². The molecule has 0 amide bonds. The molecule has 5 nitrogen and oxygen atoms in total. The van der Waals surface area contributed by atoms with Crippen LogP contribution in [-0.2, 0) is 21.4 Å². The minimum Gasteiger partial charge on any atom is -0.392 e. The van der Waals surface area contributed by atoms with Crippen LogP contribution in [0.3, 0.4) is 0 Å². The molecule has 0 aliphatic heterocycles. The van der Waals surface area contributed by atoms with Crippen LogP contribution in [0.2, 0.25) is 0 Å². The van der Waals surface area contributed by atoms with Crippen molar-refractivity contribution in [1.82, 2.24) is 0 Å². The molecular weight excluding hydrogens is 272 g/mol. The van der Waals surface area contributed by atoms with E-state index in [2.05, 4.69) is 4.72 Å². The first-order valence-corrected chi connectivity index (χ1v) is 7.21.